The van der Waals surface area contributed by atoms with Gasteiger partial charge < -0.3 is 20.1 Å². The van der Waals surface area contributed by atoms with Crippen molar-refractivity contribution >= 4 is 17.6 Å². The second kappa shape index (κ2) is 13.7. The Morgan fingerprint density at radius 3 is 2.84 bits per heavy atom. The van der Waals surface area contributed by atoms with Crippen LogP contribution in [0.4, 0.5) is 0 Å². The summed E-state index contributed by atoms with van der Waals surface area (Å²) in [6, 6.07) is 8.02. The average Bonchev–Trinajstić information content (AvgIpc) is 2.99. The minimum atomic E-state index is -0.780. The molecule has 0 radical (unpaired) electrons. The smallest absolute Gasteiger partial charge is 0.303 e. The molecular formula is C25H35ClO5. The van der Waals surface area contributed by atoms with Gasteiger partial charge in [0.15, 0.2) is 0 Å². The fourth-order valence-electron chi connectivity index (χ4n) is 4.04. The minimum absolute atomic E-state index is 0.0883. The van der Waals surface area contributed by atoms with Gasteiger partial charge in [0, 0.05) is 30.7 Å². The lowest BCUT2D eigenvalue weighted by Gasteiger charge is -2.19. The predicted octanol–water partition coefficient (Wildman–Crippen LogP) is 4.49. The third-order valence-corrected chi connectivity index (χ3v) is 6.17. The molecule has 2 rings (SSSR count). The number of hydrogen-bond acceptors (Lipinski definition) is 4. The zero-order valence-electron chi connectivity index (χ0n) is 18.2. The largest absolute Gasteiger partial charge is 0.481 e. The summed E-state index contributed by atoms with van der Waals surface area (Å²) in [5.74, 6) is -0.798. The normalized spacial score (nSPS) is 24.9. The summed E-state index contributed by atoms with van der Waals surface area (Å²) < 4.78 is 5.44. The summed E-state index contributed by atoms with van der Waals surface area (Å²) in [6.45, 7) is 3.19. The highest BCUT2D eigenvalue weighted by atomic mass is 35.5. The molecule has 6 heteroatoms. The van der Waals surface area contributed by atoms with Gasteiger partial charge in [0.25, 0.3) is 0 Å². The van der Waals surface area contributed by atoms with Gasteiger partial charge in [-0.3, -0.25) is 4.79 Å². The van der Waals surface area contributed by atoms with E-state index in [2.05, 4.69) is 0 Å². The standard InChI is InChI=1S/C25H35ClO5/c1-2-31-17-19-9-7-8-18(14-19)15-20(27)12-13-22-21(23(26)16-24(22)28)10-5-3-4-6-11-25(29)30/h3,5,7-9,12-14,20-24,27-28H,2,4,6,10-11,15-17H2,1H3,(H,29,30)/b5-3-,13-12+/t20?,21-,22-,23-,24+/m1/s1. The van der Waals surface area contributed by atoms with E-state index >= 15 is 0 Å². The lowest BCUT2D eigenvalue weighted by Crippen LogP contribution is -2.19. The van der Waals surface area contributed by atoms with Gasteiger partial charge in [-0.25, -0.2) is 0 Å². The van der Waals surface area contributed by atoms with E-state index in [4.69, 9.17) is 21.4 Å². The number of unbranched alkanes of at least 4 members (excludes halogenated alkanes) is 1. The van der Waals surface area contributed by atoms with Crippen LogP contribution in [-0.4, -0.2) is 45.5 Å². The highest BCUT2D eigenvalue weighted by Crippen LogP contribution is 2.39. The summed E-state index contributed by atoms with van der Waals surface area (Å²) in [5.41, 5.74) is 2.12. The first kappa shape index (κ1) is 25.6. The number of aliphatic hydroxyl groups is 2. The Morgan fingerprint density at radius 1 is 1.32 bits per heavy atom. The number of halogens is 1. The van der Waals surface area contributed by atoms with Gasteiger partial charge in [-0.15, -0.1) is 11.6 Å². The number of allylic oxidation sites excluding steroid dienone is 2. The van der Waals surface area contributed by atoms with Crippen molar-refractivity contribution in [3.63, 3.8) is 0 Å². The summed E-state index contributed by atoms with van der Waals surface area (Å²) in [6.07, 6.45) is 9.78. The molecule has 0 heterocycles. The van der Waals surface area contributed by atoms with Crippen LogP contribution in [0.25, 0.3) is 0 Å². The van der Waals surface area contributed by atoms with Gasteiger partial charge in [-0.05, 0) is 49.7 Å². The Morgan fingerprint density at radius 2 is 2.10 bits per heavy atom. The summed E-state index contributed by atoms with van der Waals surface area (Å²) in [7, 11) is 0. The topological polar surface area (TPSA) is 87.0 Å². The quantitative estimate of drug-likeness (QED) is 0.234. The van der Waals surface area contributed by atoms with E-state index < -0.39 is 18.2 Å². The highest BCUT2D eigenvalue weighted by molar-refractivity contribution is 6.21. The van der Waals surface area contributed by atoms with Crippen molar-refractivity contribution in [2.75, 3.05) is 6.61 Å². The van der Waals surface area contributed by atoms with Crippen LogP contribution in [-0.2, 0) is 22.6 Å². The Hall–Kier alpha value is -1.66. The number of carboxylic acids is 1. The molecule has 3 N–H and O–H groups in total. The zero-order valence-corrected chi connectivity index (χ0v) is 19.0. The van der Waals surface area contributed by atoms with E-state index in [1.165, 1.54) is 0 Å². The predicted molar refractivity (Wildman–Crippen MR) is 123 cm³/mol. The minimum Gasteiger partial charge on any atom is -0.481 e. The molecule has 31 heavy (non-hydrogen) atoms. The van der Waals surface area contributed by atoms with E-state index in [1.807, 2.05) is 49.4 Å². The molecule has 0 aromatic heterocycles. The van der Waals surface area contributed by atoms with E-state index in [1.54, 1.807) is 6.08 Å². The lowest BCUT2D eigenvalue weighted by molar-refractivity contribution is -0.137. The lowest BCUT2D eigenvalue weighted by atomic mass is 9.90. The van der Waals surface area contributed by atoms with Gasteiger partial charge in [0.2, 0.25) is 0 Å². The first-order chi connectivity index (χ1) is 14.9. The third-order valence-electron chi connectivity index (χ3n) is 5.67. The molecule has 1 aromatic carbocycles. The zero-order chi connectivity index (χ0) is 22.6. The maximum absolute atomic E-state index is 10.6. The molecule has 0 aliphatic heterocycles. The number of carbonyl (C=O) groups is 1. The first-order valence-electron chi connectivity index (χ1n) is 11.1. The second-order valence-electron chi connectivity index (χ2n) is 8.17. The number of ether oxygens (including phenoxy) is 1. The molecule has 1 fully saturated rings. The number of hydrogen-bond donors (Lipinski definition) is 3. The van der Waals surface area contributed by atoms with Gasteiger partial charge >= 0.3 is 5.97 Å². The molecular weight excluding hydrogens is 416 g/mol. The van der Waals surface area contributed by atoms with Crippen molar-refractivity contribution in [1.29, 1.82) is 0 Å². The van der Waals surface area contributed by atoms with E-state index in [-0.39, 0.29) is 23.6 Å². The first-order valence-corrected chi connectivity index (χ1v) is 11.5. The summed E-state index contributed by atoms with van der Waals surface area (Å²) in [4.78, 5) is 10.6. The maximum atomic E-state index is 10.6. The van der Waals surface area contributed by atoms with Crippen LogP contribution >= 0.6 is 11.6 Å². The van der Waals surface area contributed by atoms with Crippen molar-refractivity contribution in [3.05, 3.63) is 59.7 Å². The van der Waals surface area contributed by atoms with Crippen molar-refractivity contribution in [2.24, 2.45) is 11.8 Å². The van der Waals surface area contributed by atoms with Crippen molar-refractivity contribution in [3.8, 4) is 0 Å². The highest BCUT2D eigenvalue weighted by Gasteiger charge is 2.39. The van der Waals surface area contributed by atoms with Crippen LogP contribution in [0.3, 0.4) is 0 Å². The number of alkyl halides is 1. The SMILES string of the molecule is CCOCc1cccc(CC(O)/C=C/[C@@H]2[C@@H](C/C=C\CCCC(=O)O)[C@H](Cl)C[C@@H]2O)c1. The molecule has 0 amide bonds. The van der Waals surface area contributed by atoms with Crippen LogP contribution in [0.1, 0.15) is 50.2 Å². The Kier molecular flexibility index (Phi) is 11.3. The summed E-state index contributed by atoms with van der Waals surface area (Å²) in [5, 5.41) is 29.5. The number of carboxylic acid groups (broad SMARTS) is 1. The van der Waals surface area contributed by atoms with Gasteiger partial charge in [-0.1, -0.05) is 48.6 Å². The van der Waals surface area contributed by atoms with Gasteiger partial charge in [-0.2, -0.15) is 0 Å². The molecule has 172 valence electrons. The molecule has 1 aromatic rings. The molecule has 0 saturated heterocycles. The number of rotatable bonds is 13. The van der Waals surface area contributed by atoms with Gasteiger partial charge in [0.1, 0.15) is 0 Å². The van der Waals surface area contributed by atoms with E-state index in [9.17, 15) is 15.0 Å². The molecule has 1 aliphatic rings. The second-order valence-corrected chi connectivity index (χ2v) is 8.73. The molecule has 5 nitrogen and oxygen atoms in total. The number of aliphatic carboxylic acids is 1. The Labute approximate surface area is 190 Å². The van der Waals surface area contributed by atoms with Crippen LogP contribution in [0.5, 0.6) is 0 Å². The third kappa shape index (κ3) is 9.16. The maximum Gasteiger partial charge on any atom is 0.303 e. The van der Waals surface area contributed by atoms with Crippen molar-refractivity contribution < 1.29 is 24.9 Å². The Balaban J connectivity index is 1.89. The number of aliphatic hydroxyl groups excluding tert-OH is 2. The molecule has 1 unspecified atom stereocenters. The molecule has 1 saturated carbocycles. The molecule has 0 bridgehead atoms. The van der Waals surface area contributed by atoms with Gasteiger partial charge in [0.05, 0.1) is 18.8 Å². The average molecular weight is 451 g/mol. The monoisotopic (exact) mass is 450 g/mol. The fraction of sp³-hybridized carbons (Fsp3) is 0.560. The molecule has 5 atom stereocenters. The molecule has 1 aliphatic carbocycles. The van der Waals surface area contributed by atoms with E-state index in [0.29, 0.717) is 32.5 Å². The van der Waals surface area contributed by atoms with Crippen LogP contribution < -0.4 is 0 Å². The Bertz CT molecular complexity index is 732. The van der Waals surface area contributed by atoms with Crippen molar-refractivity contribution in [1.82, 2.24) is 0 Å². The summed E-state index contributed by atoms with van der Waals surface area (Å²) >= 11 is 6.47. The van der Waals surface area contributed by atoms with E-state index in [0.717, 1.165) is 24.0 Å². The van der Waals surface area contributed by atoms with Crippen LogP contribution in [0.2, 0.25) is 0 Å². The van der Waals surface area contributed by atoms with Crippen LogP contribution in [0, 0.1) is 11.8 Å². The molecule has 0 spiro atoms. The fourth-order valence-corrected chi connectivity index (χ4v) is 4.49. The van der Waals surface area contributed by atoms with Crippen molar-refractivity contribution in [2.45, 2.75) is 69.6 Å². The van der Waals surface area contributed by atoms with Crippen LogP contribution in [0.15, 0.2) is 48.6 Å². The number of benzene rings is 1.